The molecular formula is C14H18N2O. The van der Waals surface area contributed by atoms with E-state index in [9.17, 15) is 0 Å². The summed E-state index contributed by atoms with van der Waals surface area (Å²) >= 11 is 0. The van der Waals surface area contributed by atoms with Crippen molar-refractivity contribution in [2.24, 2.45) is 0 Å². The maximum absolute atomic E-state index is 8.56. The van der Waals surface area contributed by atoms with Crippen LogP contribution in [0.5, 0.6) is 0 Å². The van der Waals surface area contributed by atoms with Gasteiger partial charge in [0.05, 0.1) is 0 Å². The SMILES string of the molecule is Nc1ccc(CCO)cc1.Nc1ccccc1. The van der Waals surface area contributed by atoms with Crippen LogP contribution in [0.4, 0.5) is 11.4 Å². The van der Waals surface area contributed by atoms with Gasteiger partial charge in [0.1, 0.15) is 0 Å². The second-order valence-electron chi connectivity index (χ2n) is 3.63. The Labute approximate surface area is 102 Å². The van der Waals surface area contributed by atoms with Gasteiger partial charge < -0.3 is 16.6 Å². The van der Waals surface area contributed by atoms with Crippen LogP contribution >= 0.6 is 0 Å². The molecule has 0 atom stereocenters. The van der Waals surface area contributed by atoms with Gasteiger partial charge in [-0.15, -0.1) is 0 Å². The highest BCUT2D eigenvalue weighted by atomic mass is 16.2. The highest BCUT2D eigenvalue weighted by molar-refractivity contribution is 5.39. The van der Waals surface area contributed by atoms with Crippen molar-refractivity contribution >= 4 is 11.4 Å². The Bertz CT molecular complexity index is 412. The van der Waals surface area contributed by atoms with Crippen molar-refractivity contribution in [1.29, 1.82) is 0 Å². The van der Waals surface area contributed by atoms with E-state index in [1.165, 1.54) is 0 Å². The smallest absolute Gasteiger partial charge is 0.0471 e. The van der Waals surface area contributed by atoms with Crippen molar-refractivity contribution in [3.63, 3.8) is 0 Å². The molecule has 0 fully saturated rings. The Morgan fingerprint density at radius 3 is 1.71 bits per heavy atom. The van der Waals surface area contributed by atoms with E-state index in [1.54, 1.807) is 0 Å². The lowest BCUT2D eigenvalue weighted by atomic mass is 10.1. The summed E-state index contributed by atoms with van der Waals surface area (Å²) < 4.78 is 0. The summed E-state index contributed by atoms with van der Waals surface area (Å²) in [7, 11) is 0. The number of nitrogen functional groups attached to an aromatic ring is 2. The molecule has 0 saturated heterocycles. The third kappa shape index (κ3) is 5.58. The predicted octanol–water partition coefficient (Wildman–Crippen LogP) is 2.07. The molecule has 2 aromatic rings. The standard InChI is InChI=1S/C8H11NO.C6H7N/c9-8-3-1-7(2-4-8)5-6-10;7-6-4-2-1-3-5-6/h1-4,10H,5-6,9H2;1-5H,7H2. The van der Waals surface area contributed by atoms with E-state index in [1.807, 2.05) is 54.6 Å². The van der Waals surface area contributed by atoms with Gasteiger partial charge in [-0.2, -0.15) is 0 Å². The topological polar surface area (TPSA) is 72.3 Å². The van der Waals surface area contributed by atoms with Gasteiger partial charge in [0, 0.05) is 18.0 Å². The van der Waals surface area contributed by atoms with E-state index in [4.69, 9.17) is 16.6 Å². The quantitative estimate of drug-likeness (QED) is 0.691. The first-order valence-corrected chi connectivity index (χ1v) is 5.48. The molecule has 0 bridgehead atoms. The largest absolute Gasteiger partial charge is 0.399 e. The molecule has 3 heteroatoms. The minimum absolute atomic E-state index is 0.198. The number of benzene rings is 2. The molecule has 3 nitrogen and oxygen atoms in total. The summed E-state index contributed by atoms with van der Waals surface area (Å²) in [5.74, 6) is 0. The normalized spacial score (nSPS) is 9.24. The average molecular weight is 230 g/mol. The highest BCUT2D eigenvalue weighted by Gasteiger charge is 1.89. The molecule has 90 valence electrons. The van der Waals surface area contributed by atoms with E-state index in [0.29, 0.717) is 6.42 Å². The number of para-hydroxylation sites is 1. The molecule has 0 aliphatic carbocycles. The van der Waals surface area contributed by atoms with Crippen molar-refractivity contribution in [3.05, 3.63) is 60.2 Å². The Morgan fingerprint density at radius 1 is 0.765 bits per heavy atom. The van der Waals surface area contributed by atoms with Crippen molar-refractivity contribution in [2.75, 3.05) is 18.1 Å². The molecule has 2 rings (SSSR count). The van der Waals surface area contributed by atoms with Gasteiger partial charge in [0.2, 0.25) is 0 Å². The summed E-state index contributed by atoms with van der Waals surface area (Å²) in [6, 6.07) is 17.0. The van der Waals surface area contributed by atoms with Gasteiger partial charge in [-0.1, -0.05) is 30.3 Å². The molecule has 0 aliphatic heterocycles. The van der Waals surface area contributed by atoms with Crippen LogP contribution in [0.3, 0.4) is 0 Å². The predicted molar refractivity (Wildman–Crippen MR) is 72.5 cm³/mol. The van der Waals surface area contributed by atoms with Crippen LogP contribution in [0.25, 0.3) is 0 Å². The summed E-state index contributed by atoms with van der Waals surface area (Å²) in [6.07, 6.45) is 0.709. The van der Waals surface area contributed by atoms with E-state index in [0.717, 1.165) is 16.9 Å². The van der Waals surface area contributed by atoms with Crippen LogP contribution in [-0.4, -0.2) is 11.7 Å². The van der Waals surface area contributed by atoms with E-state index in [2.05, 4.69) is 0 Å². The first kappa shape index (κ1) is 13.1. The van der Waals surface area contributed by atoms with Crippen LogP contribution < -0.4 is 11.5 Å². The molecule has 0 heterocycles. The zero-order valence-corrected chi connectivity index (χ0v) is 9.71. The first-order chi connectivity index (χ1) is 8.22. The number of rotatable bonds is 2. The molecule has 0 aliphatic rings. The number of aliphatic hydroxyl groups excluding tert-OH is 1. The van der Waals surface area contributed by atoms with Gasteiger partial charge in [-0.05, 0) is 36.2 Å². The van der Waals surface area contributed by atoms with Gasteiger partial charge >= 0.3 is 0 Å². The van der Waals surface area contributed by atoms with E-state index in [-0.39, 0.29) is 6.61 Å². The highest BCUT2D eigenvalue weighted by Crippen LogP contribution is 2.05. The molecular weight excluding hydrogens is 212 g/mol. The summed E-state index contributed by atoms with van der Waals surface area (Å²) in [5.41, 5.74) is 13.5. The summed E-state index contributed by atoms with van der Waals surface area (Å²) in [5, 5.41) is 8.56. The van der Waals surface area contributed by atoms with Crippen LogP contribution in [0, 0.1) is 0 Å². The van der Waals surface area contributed by atoms with E-state index >= 15 is 0 Å². The number of hydrogen-bond acceptors (Lipinski definition) is 3. The second-order valence-corrected chi connectivity index (χ2v) is 3.63. The fourth-order valence-electron chi connectivity index (χ4n) is 1.27. The third-order valence-corrected chi connectivity index (χ3v) is 2.18. The molecule has 0 spiro atoms. The second kappa shape index (κ2) is 7.30. The zero-order chi connectivity index (χ0) is 12.5. The molecule has 0 unspecified atom stereocenters. The molecule has 2 aromatic carbocycles. The van der Waals surface area contributed by atoms with Gasteiger partial charge in [0.25, 0.3) is 0 Å². The molecule has 0 aromatic heterocycles. The Balaban J connectivity index is 0.000000181. The van der Waals surface area contributed by atoms with Crippen LogP contribution in [-0.2, 0) is 6.42 Å². The lowest BCUT2D eigenvalue weighted by molar-refractivity contribution is 0.299. The van der Waals surface area contributed by atoms with Crippen molar-refractivity contribution in [1.82, 2.24) is 0 Å². The van der Waals surface area contributed by atoms with Crippen LogP contribution in [0.15, 0.2) is 54.6 Å². The number of anilines is 2. The van der Waals surface area contributed by atoms with E-state index < -0.39 is 0 Å². The number of aliphatic hydroxyl groups is 1. The number of hydrogen-bond donors (Lipinski definition) is 3. The molecule has 0 saturated carbocycles. The van der Waals surface area contributed by atoms with Crippen molar-refractivity contribution in [2.45, 2.75) is 6.42 Å². The van der Waals surface area contributed by atoms with Gasteiger partial charge in [-0.3, -0.25) is 0 Å². The molecule has 0 amide bonds. The summed E-state index contributed by atoms with van der Waals surface area (Å²) in [6.45, 7) is 0.198. The Morgan fingerprint density at radius 2 is 1.29 bits per heavy atom. The molecule has 17 heavy (non-hydrogen) atoms. The Kier molecular flexibility index (Phi) is 5.61. The average Bonchev–Trinajstić information content (AvgIpc) is 2.34. The summed E-state index contributed by atoms with van der Waals surface area (Å²) in [4.78, 5) is 0. The minimum Gasteiger partial charge on any atom is -0.399 e. The Hall–Kier alpha value is -2.00. The van der Waals surface area contributed by atoms with Gasteiger partial charge in [-0.25, -0.2) is 0 Å². The molecule has 0 radical (unpaired) electrons. The maximum Gasteiger partial charge on any atom is 0.0471 e. The zero-order valence-electron chi connectivity index (χ0n) is 9.71. The van der Waals surface area contributed by atoms with Gasteiger partial charge in [0.15, 0.2) is 0 Å². The first-order valence-electron chi connectivity index (χ1n) is 5.48. The fourth-order valence-corrected chi connectivity index (χ4v) is 1.27. The fraction of sp³-hybridized carbons (Fsp3) is 0.143. The van der Waals surface area contributed by atoms with Crippen LogP contribution in [0.2, 0.25) is 0 Å². The molecule has 5 N–H and O–H groups in total. The van der Waals surface area contributed by atoms with Crippen LogP contribution in [0.1, 0.15) is 5.56 Å². The van der Waals surface area contributed by atoms with Crippen molar-refractivity contribution < 1.29 is 5.11 Å². The van der Waals surface area contributed by atoms with Crippen molar-refractivity contribution in [3.8, 4) is 0 Å². The lowest BCUT2D eigenvalue weighted by Gasteiger charge is -1.96. The monoisotopic (exact) mass is 230 g/mol. The maximum atomic E-state index is 8.56. The third-order valence-electron chi connectivity index (χ3n) is 2.18. The minimum atomic E-state index is 0.198. The number of nitrogens with two attached hydrogens (primary N) is 2. The lowest BCUT2D eigenvalue weighted by Crippen LogP contribution is -1.90.